The van der Waals surface area contributed by atoms with E-state index in [2.05, 4.69) is 25.2 Å². The highest BCUT2D eigenvalue weighted by Crippen LogP contribution is 2.39. The summed E-state index contributed by atoms with van der Waals surface area (Å²) < 4.78 is 0. The van der Waals surface area contributed by atoms with Gasteiger partial charge in [-0.25, -0.2) is 0 Å². The SMILES string of the molecule is CC1(C)CCC(=C(C=O)C2=CCNCC2)CC1. The van der Waals surface area contributed by atoms with Crippen molar-refractivity contribution in [2.75, 3.05) is 13.1 Å². The molecule has 17 heavy (non-hydrogen) atoms. The van der Waals surface area contributed by atoms with Crippen molar-refractivity contribution >= 4 is 6.29 Å². The molecule has 0 aromatic heterocycles. The standard InChI is InChI=1S/C15H23NO/c1-15(2)7-3-12(4-8-15)14(11-17)13-5-9-16-10-6-13/h5,11,16H,3-4,6-10H2,1-2H3. The monoisotopic (exact) mass is 233 g/mol. The molecular formula is C15H23NO. The van der Waals surface area contributed by atoms with E-state index in [1.54, 1.807) is 0 Å². The molecule has 1 N–H and O–H groups in total. The van der Waals surface area contributed by atoms with E-state index in [1.165, 1.54) is 24.0 Å². The Labute approximate surface area is 104 Å². The van der Waals surface area contributed by atoms with Gasteiger partial charge >= 0.3 is 0 Å². The van der Waals surface area contributed by atoms with E-state index in [1.807, 2.05) is 0 Å². The maximum absolute atomic E-state index is 11.3. The largest absolute Gasteiger partial charge is 0.313 e. The van der Waals surface area contributed by atoms with Gasteiger partial charge in [0.2, 0.25) is 0 Å². The van der Waals surface area contributed by atoms with Crippen LogP contribution in [0, 0.1) is 5.41 Å². The van der Waals surface area contributed by atoms with Crippen LogP contribution in [0.25, 0.3) is 0 Å². The van der Waals surface area contributed by atoms with Gasteiger partial charge in [-0.1, -0.05) is 25.5 Å². The van der Waals surface area contributed by atoms with Gasteiger partial charge in [0.05, 0.1) is 0 Å². The number of rotatable bonds is 2. The smallest absolute Gasteiger partial charge is 0.150 e. The molecule has 1 fully saturated rings. The van der Waals surface area contributed by atoms with Gasteiger partial charge in [-0.3, -0.25) is 4.79 Å². The number of hydrogen-bond acceptors (Lipinski definition) is 2. The molecule has 0 bridgehead atoms. The van der Waals surface area contributed by atoms with Gasteiger partial charge < -0.3 is 5.32 Å². The summed E-state index contributed by atoms with van der Waals surface area (Å²) in [5.41, 5.74) is 4.14. The van der Waals surface area contributed by atoms with Gasteiger partial charge in [-0.05, 0) is 49.6 Å². The second-order valence-corrected chi connectivity index (χ2v) is 5.98. The van der Waals surface area contributed by atoms with Crippen LogP contribution < -0.4 is 5.32 Å². The normalized spacial score (nSPS) is 24.1. The van der Waals surface area contributed by atoms with Crippen LogP contribution in [-0.2, 0) is 4.79 Å². The molecule has 0 aromatic rings. The van der Waals surface area contributed by atoms with Crippen molar-refractivity contribution in [3.63, 3.8) is 0 Å². The molecule has 0 amide bonds. The average molecular weight is 233 g/mol. The molecule has 1 aliphatic carbocycles. The Morgan fingerprint density at radius 2 is 2.00 bits per heavy atom. The van der Waals surface area contributed by atoms with Crippen molar-refractivity contribution in [3.05, 3.63) is 22.8 Å². The van der Waals surface area contributed by atoms with Crippen LogP contribution in [0.15, 0.2) is 22.8 Å². The molecule has 2 aliphatic rings. The Morgan fingerprint density at radius 3 is 2.53 bits per heavy atom. The lowest BCUT2D eigenvalue weighted by Crippen LogP contribution is -2.23. The first-order chi connectivity index (χ1) is 8.12. The Balaban J connectivity index is 2.17. The van der Waals surface area contributed by atoms with E-state index >= 15 is 0 Å². The van der Waals surface area contributed by atoms with Crippen LogP contribution in [0.3, 0.4) is 0 Å². The summed E-state index contributed by atoms with van der Waals surface area (Å²) in [7, 11) is 0. The summed E-state index contributed by atoms with van der Waals surface area (Å²) in [6, 6.07) is 0. The predicted octanol–water partition coefficient (Wildman–Crippen LogP) is 3.00. The van der Waals surface area contributed by atoms with Crippen LogP contribution in [0.5, 0.6) is 0 Å². The number of hydrogen-bond donors (Lipinski definition) is 1. The van der Waals surface area contributed by atoms with Gasteiger partial charge in [0.1, 0.15) is 6.29 Å². The van der Waals surface area contributed by atoms with Crippen LogP contribution in [0.1, 0.15) is 46.0 Å². The summed E-state index contributed by atoms with van der Waals surface area (Å²) in [4.78, 5) is 11.3. The number of carbonyl (C=O) groups is 1. The average Bonchev–Trinajstić information content (AvgIpc) is 2.33. The molecule has 0 radical (unpaired) electrons. The van der Waals surface area contributed by atoms with E-state index in [0.717, 1.165) is 44.2 Å². The third kappa shape index (κ3) is 3.06. The van der Waals surface area contributed by atoms with Crippen LogP contribution >= 0.6 is 0 Å². The first kappa shape index (κ1) is 12.6. The topological polar surface area (TPSA) is 29.1 Å². The predicted molar refractivity (Wildman–Crippen MR) is 70.9 cm³/mol. The van der Waals surface area contributed by atoms with Crippen LogP contribution in [0.2, 0.25) is 0 Å². The molecule has 1 heterocycles. The van der Waals surface area contributed by atoms with Crippen molar-refractivity contribution < 1.29 is 4.79 Å². The summed E-state index contributed by atoms with van der Waals surface area (Å²) in [5, 5.41) is 3.29. The highest BCUT2D eigenvalue weighted by Gasteiger charge is 2.25. The van der Waals surface area contributed by atoms with Gasteiger partial charge in [0.25, 0.3) is 0 Å². The summed E-state index contributed by atoms with van der Waals surface area (Å²) >= 11 is 0. The molecule has 2 heteroatoms. The van der Waals surface area contributed by atoms with Gasteiger partial charge in [-0.2, -0.15) is 0 Å². The quantitative estimate of drug-likeness (QED) is 0.587. The molecule has 0 spiro atoms. The number of nitrogens with one attached hydrogen (secondary N) is 1. The molecule has 94 valence electrons. The number of allylic oxidation sites excluding steroid dienone is 2. The van der Waals surface area contributed by atoms with Gasteiger partial charge in [0.15, 0.2) is 0 Å². The zero-order valence-electron chi connectivity index (χ0n) is 11.0. The van der Waals surface area contributed by atoms with E-state index in [0.29, 0.717) is 5.41 Å². The Kier molecular flexibility index (Phi) is 3.82. The second kappa shape index (κ2) is 5.18. The third-order valence-corrected chi connectivity index (χ3v) is 4.12. The van der Waals surface area contributed by atoms with Crippen molar-refractivity contribution in [2.45, 2.75) is 46.0 Å². The summed E-state index contributed by atoms with van der Waals surface area (Å²) in [5.74, 6) is 0. The van der Waals surface area contributed by atoms with E-state index in [4.69, 9.17) is 0 Å². The fraction of sp³-hybridized carbons (Fsp3) is 0.667. The third-order valence-electron chi connectivity index (χ3n) is 4.12. The lowest BCUT2D eigenvalue weighted by Gasteiger charge is -2.32. The Morgan fingerprint density at radius 1 is 1.29 bits per heavy atom. The highest BCUT2D eigenvalue weighted by atomic mass is 16.1. The van der Waals surface area contributed by atoms with E-state index in [9.17, 15) is 4.79 Å². The van der Waals surface area contributed by atoms with Crippen LogP contribution in [-0.4, -0.2) is 19.4 Å². The molecule has 2 nitrogen and oxygen atoms in total. The first-order valence-corrected chi connectivity index (χ1v) is 6.70. The molecule has 1 aliphatic heterocycles. The minimum Gasteiger partial charge on any atom is -0.313 e. The molecule has 0 aromatic carbocycles. The lowest BCUT2D eigenvalue weighted by molar-refractivity contribution is -0.104. The Hall–Kier alpha value is -0.890. The summed E-state index contributed by atoms with van der Waals surface area (Å²) in [6.45, 7) is 6.57. The van der Waals surface area contributed by atoms with Crippen molar-refractivity contribution in [3.8, 4) is 0 Å². The fourth-order valence-corrected chi connectivity index (χ4v) is 2.75. The van der Waals surface area contributed by atoms with Crippen molar-refractivity contribution in [1.82, 2.24) is 5.32 Å². The highest BCUT2D eigenvalue weighted by molar-refractivity contribution is 5.81. The van der Waals surface area contributed by atoms with E-state index in [-0.39, 0.29) is 0 Å². The first-order valence-electron chi connectivity index (χ1n) is 6.70. The molecule has 0 unspecified atom stereocenters. The lowest BCUT2D eigenvalue weighted by atomic mass is 9.74. The molecule has 1 saturated carbocycles. The van der Waals surface area contributed by atoms with Gasteiger partial charge in [-0.15, -0.1) is 0 Å². The zero-order chi connectivity index (χ0) is 12.3. The van der Waals surface area contributed by atoms with Crippen molar-refractivity contribution in [2.24, 2.45) is 5.41 Å². The number of aldehydes is 1. The second-order valence-electron chi connectivity index (χ2n) is 5.98. The maximum Gasteiger partial charge on any atom is 0.150 e. The van der Waals surface area contributed by atoms with Gasteiger partial charge in [0, 0.05) is 12.1 Å². The minimum atomic E-state index is 0.458. The van der Waals surface area contributed by atoms with E-state index < -0.39 is 0 Å². The van der Waals surface area contributed by atoms with Crippen molar-refractivity contribution in [1.29, 1.82) is 0 Å². The number of carbonyl (C=O) groups excluding carboxylic acids is 1. The molecule has 0 saturated heterocycles. The Bertz CT molecular complexity index is 351. The molecule has 2 rings (SSSR count). The maximum atomic E-state index is 11.3. The fourth-order valence-electron chi connectivity index (χ4n) is 2.75. The molecule has 0 atom stereocenters. The van der Waals surface area contributed by atoms with Crippen LogP contribution in [0.4, 0.5) is 0 Å². The minimum absolute atomic E-state index is 0.458. The zero-order valence-corrected chi connectivity index (χ0v) is 11.0. The summed E-state index contributed by atoms with van der Waals surface area (Å²) in [6.07, 6.45) is 8.90. The molecular weight excluding hydrogens is 210 g/mol.